The van der Waals surface area contributed by atoms with Crippen molar-refractivity contribution < 1.29 is 0 Å². The highest BCUT2D eigenvalue weighted by Gasteiger charge is 2.26. The summed E-state index contributed by atoms with van der Waals surface area (Å²) in [5, 5.41) is 3.65. The maximum atomic E-state index is 3.65. The predicted octanol–water partition coefficient (Wildman–Crippen LogP) is 2.21. The first kappa shape index (κ1) is 13.9. The van der Waals surface area contributed by atoms with Crippen LogP contribution in [-0.2, 0) is 0 Å². The van der Waals surface area contributed by atoms with E-state index in [1.54, 1.807) is 0 Å². The van der Waals surface area contributed by atoms with Crippen LogP contribution in [0.3, 0.4) is 0 Å². The highest BCUT2D eigenvalue weighted by molar-refractivity contribution is 4.83. The molecule has 1 N–H and O–H groups in total. The van der Waals surface area contributed by atoms with Gasteiger partial charge in [0.2, 0.25) is 0 Å². The zero-order chi connectivity index (χ0) is 11.4. The number of nitrogens with zero attached hydrogens (tertiary/aromatic N) is 1. The summed E-state index contributed by atoms with van der Waals surface area (Å²) < 4.78 is 0. The van der Waals surface area contributed by atoms with Crippen molar-refractivity contribution in [3.63, 3.8) is 0 Å². The lowest BCUT2D eigenvalue weighted by Crippen LogP contribution is -2.46. The molecule has 14 heavy (non-hydrogen) atoms. The maximum Gasteiger partial charge on any atom is 0.0139 e. The first-order chi connectivity index (χ1) is 6.25. The molecule has 0 rings (SSSR count). The van der Waals surface area contributed by atoms with Crippen LogP contribution in [0.4, 0.5) is 0 Å². The molecule has 0 fully saturated rings. The molecule has 2 nitrogen and oxygen atoms in total. The fourth-order valence-corrected chi connectivity index (χ4v) is 1.99. The fraction of sp³-hybridized carbons (Fsp3) is 1.00. The summed E-state index contributed by atoms with van der Waals surface area (Å²) in [7, 11) is 4.23. The number of rotatable bonds is 5. The van der Waals surface area contributed by atoms with Crippen LogP contribution >= 0.6 is 0 Å². The Kier molecular flexibility index (Phi) is 5.68. The Labute approximate surface area is 90.1 Å². The van der Waals surface area contributed by atoms with E-state index in [9.17, 15) is 0 Å². The SMILES string of the molecule is CC(C)C(NCCN(C)C)C(C)(C)C. The van der Waals surface area contributed by atoms with Gasteiger partial charge in [-0.2, -0.15) is 0 Å². The molecule has 1 unspecified atom stereocenters. The second-order valence-electron chi connectivity index (χ2n) is 5.85. The fourth-order valence-electron chi connectivity index (χ4n) is 1.99. The van der Waals surface area contributed by atoms with Crippen molar-refractivity contribution in [1.82, 2.24) is 10.2 Å². The molecule has 1 atom stereocenters. The molecule has 0 aliphatic carbocycles. The standard InChI is InChI=1S/C12H28N2/c1-10(2)11(12(3,4)5)13-8-9-14(6)7/h10-11,13H,8-9H2,1-7H3. The van der Waals surface area contributed by atoms with Crippen LogP contribution in [0.5, 0.6) is 0 Å². The van der Waals surface area contributed by atoms with Crippen molar-refractivity contribution >= 4 is 0 Å². The third kappa shape index (κ3) is 5.61. The van der Waals surface area contributed by atoms with E-state index >= 15 is 0 Å². The molecule has 0 heterocycles. The van der Waals surface area contributed by atoms with E-state index in [0.29, 0.717) is 17.4 Å². The van der Waals surface area contributed by atoms with E-state index in [0.717, 1.165) is 13.1 Å². The average molecular weight is 200 g/mol. The molecule has 0 bridgehead atoms. The van der Waals surface area contributed by atoms with Gasteiger partial charge < -0.3 is 10.2 Å². The molecule has 0 spiro atoms. The van der Waals surface area contributed by atoms with Gasteiger partial charge in [-0.1, -0.05) is 34.6 Å². The zero-order valence-electron chi connectivity index (χ0n) is 11.0. The molecule has 0 aromatic rings. The molecule has 0 aromatic heterocycles. The van der Waals surface area contributed by atoms with E-state index in [2.05, 4.69) is 58.9 Å². The molecule has 0 aliphatic heterocycles. The molecular weight excluding hydrogens is 172 g/mol. The van der Waals surface area contributed by atoms with Crippen molar-refractivity contribution in [3.05, 3.63) is 0 Å². The first-order valence-electron chi connectivity index (χ1n) is 5.63. The summed E-state index contributed by atoms with van der Waals surface area (Å²) in [6.45, 7) is 13.7. The molecule has 0 aliphatic rings. The minimum atomic E-state index is 0.348. The molecular formula is C12H28N2. The quantitative estimate of drug-likeness (QED) is 0.732. The van der Waals surface area contributed by atoms with Gasteiger partial charge in [-0.3, -0.25) is 0 Å². The van der Waals surface area contributed by atoms with E-state index in [1.165, 1.54) is 0 Å². The molecule has 0 saturated carbocycles. The lowest BCUT2D eigenvalue weighted by molar-refractivity contribution is 0.206. The normalized spacial score (nSPS) is 15.2. The van der Waals surface area contributed by atoms with Gasteiger partial charge in [-0.05, 0) is 25.4 Å². The Balaban J connectivity index is 4.00. The van der Waals surface area contributed by atoms with Gasteiger partial charge in [0.25, 0.3) is 0 Å². The first-order valence-corrected chi connectivity index (χ1v) is 5.63. The Morgan fingerprint density at radius 2 is 1.64 bits per heavy atom. The molecule has 0 amide bonds. The van der Waals surface area contributed by atoms with Gasteiger partial charge >= 0.3 is 0 Å². The van der Waals surface area contributed by atoms with Crippen LogP contribution in [0.2, 0.25) is 0 Å². The number of likely N-dealkylation sites (N-methyl/N-ethyl adjacent to an activating group) is 1. The van der Waals surface area contributed by atoms with Gasteiger partial charge in [0.05, 0.1) is 0 Å². The summed E-state index contributed by atoms with van der Waals surface area (Å²) in [4.78, 5) is 2.22. The average Bonchev–Trinajstić information content (AvgIpc) is 1.94. The number of nitrogens with one attached hydrogen (secondary N) is 1. The Morgan fingerprint density at radius 1 is 1.14 bits per heavy atom. The highest BCUT2D eigenvalue weighted by atomic mass is 15.1. The van der Waals surface area contributed by atoms with E-state index in [1.807, 2.05) is 0 Å². The second-order valence-corrected chi connectivity index (χ2v) is 5.85. The number of hydrogen-bond acceptors (Lipinski definition) is 2. The predicted molar refractivity (Wildman–Crippen MR) is 64.6 cm³/mol. The van der Waals surface area contributed by atoms with E-state index in [4.69, 9.17) is 0 Å². The van der Waals surface area contributed by atoms with Gasteiger partial charge in [-0.25, -0.2) is 0 Å². The minimum absolute atomic E-state index is 0.348. The maximum absolute atomic E-state index is 3.65. The molecule has 86 valence electrons. The topological polar surface area (TPSA) is 15.3 Å². The van der Waals surface area contributed by atoms with Crippen LogP contribution in [0.25, 0.3) is 0 Å². The Hall–Kier alpha value is -0.0800. The van der Waals surface area contributed by atoms with Gasteiger partial charge in [-0.15, -0.1) is 0 Å². The van der Waals surface area contributed by atoms with Crippen molar-refractivity contribution in [2.45, 2.75) is 40.7 Å². The van der Waals surface area contributed by atoms with Crippen LogP contribution in [0.15, 0.2) is 0 Å². The van der Waals surface area contributed by atoms with Gasteiger partial charge in [0.1, 0.15) is 0 Å². The summed E-state index contributed by atoms with van der Waals surface area (Å²) in [5.74, 6) is 0.692. The van der Waals surface area contributed by atoms with Crippen molar-refractivity contribution in [3.8, 4) is 0 Å². The molecule has 0 saturated heterocycles. The third-order valence-electron chi connectivity index (χ3n) is 2.52. The number of hydrogen-bond donors (Lipinski definition) is 1. The summed E-state index contributed by atoms with van der Waals surface area (Å²) >= 11 is 0. The van der Waals surface area contributed by atoms with Crippen LogP contribution in [0.1, 0.15) is 34.6 Å². The van der Waals surface area contributed by atoms with Crippen LogP contribution < -0.4 is 5.32 Å². The summed E-state index contributed by atoms with van der Waals surface area (Å²) in [6, 6.07) is 0.599. The lowest BCUT2D eigenvalue weighted by atomic mass is 9.80. The van der Waals surface area contributed by atoms with Crippen molar-refractivity contribution in [2.75, 3.05) is 27.2 Å². The molecule has 0 radical (unpaired) electrons. The van der Waals surface area contributed by atoms with Gasteiger partial charge in [0.15, 0.2) is 0 Å². The van der Waals surface area contributed by atoms with Crippen molar-refractivity contribution in [2.24, 2.45) is 11.3 Å². The van der Waals surface area contributed by atoms with Crippen LogP contribution in [0, 0.1) is 11.3 Å². The smallest absolute Gasteiger partial charge is 0.0139 e. The lowest BCUT2D eigenvalue weighted by Gasteiger charge is -2.35. The molecule has 0 aromatic carbocycles. The summed E-state index contributed by atoms with van der Waals surface area (Å²) in [5.41, 5.74) is 0.348. The van der Waals surface area contributed by atoms with E-state index < -0.39 is 0 Å². The van der Waals surface area contributed by atoms with Gasteiger partial charge in [0, 0.05) is 19.1 Å². The molecule has 2 heteroatoms. The minimum Gasteiger partial charge on any atom is -0.312 e. The Morgan fingerprint density at radius 3 is 1.93 bits per heavy atom. The highest BCUT2D eigenvalue weighted by Crippen LogP contribution is 2.24. The van der Waals surface area contributed by atoms with Crippen LogP contribution in [-0.4, -0.2) is 38.1 Å². The zero-order valence-corrected chi connectivity index (χ0v) is 11.0. The van der Waals surface area contributed by atoms with E-state index in [-0.39, 0.29) is 0 Å². The second kappa shape index (κ2) is 5.72. The van der Waals surface area contributed by atoms with Crippen molar-refractivity contribution in [1.29, 1.82) is 0 Å². The monoisotopic (exact) mass is 200 g/mol. The third-order valence-corrected chi connectivity index (χ3v) is 2.52. The largest absolute Gasteiger partial charge is 0.312 e. The summed E-state index contributed by atoms with van der Waals surface area (Å²) in [6.07, 6.45) is 0. The Bertz CT molecular complexity index is 145.